The number of pyridine rings is 1. The zero-order valence-corrected chi connectivity index (χ0v) is 8.71. The Balaban J connectivity index is 2.36. The molecular weight excluding hydrogens is 215 g/mol. The highest BCUT2D eigenvalue weighted by Gasteiger charge is 2.12. The molecule has 5 heteroatoms. The molecule has 2 aromatic rings. The number of carbonyl (C=O) groups excluding carboxylic acids is 1. The number of thiazole rings is 1. The minimum Gasteiger partial charge on any atom is -0.288 e. The van der Waals surface area contributed by atoms with E-state index in [1.165, 1.54) is 29.8 Å². The number of aryl methyl sites for hydroxylation is 1. The molecule has 0 radical (unpaired) electrons. The van der Waals surface area contributed by atoms with Crippen LogP contribution in [-0.2, 0) is 0 Å². The third-order valence-corrected chi connectivity index (χ3v) is 2.72. The zero-order valence-electron chi connectivity index (χ0n) is 7.90. The fourth-order valence-electron chi connectivity index (χ4n) is 1.14. The highest BCUT2D eigenvalue weighted by molar-refractivity contribution is 7.13. The molecule has 3 nitrogen and oxygen atoms in total. The minimum atomic E-state index is -0.512. The van der Waals surface area contributed by atoms with E-state index in [0.717, 1.165) is 11.2 Å². The van der Waals surface area contributed by atoms with Crippen LogP contribution in [0.3, 0.4) is 0 Å². The molecular formula is C10H7FN2OS. The lowest BCUT2D eigenvalue weighted by molar-refractivity contribution is 0.104. The molecule has 0 aliphatic rings. The first-order chi connectivity index (χ1) is 7.16. The van der Waals surface area contributed by atoms with Gasteiger partial charge in [-0.05, 0) is 13.0 Å². The van der Waals surface area contributed by atoms with Crippen molar-refractivity contribution in [2.24, 2.45) is 0 Å². The van der Waals surface area contributed by atoms with Gasteiger partial charge in [0.25, 0.3) is 0 Å². The number of hydrogen-bond acceptors (Lipinski definition) is 4. The lowest BCUT2D eigenvalue weighted by atomic mass is 10.2. The third kappa shape index (κ3) is 2.07. The molecule has 0 amide bonds. The van der Waals surface area contributed by atoms with Gasteiger partial charge >= 0.3 is 0 Å². The molecule has 0 atom stereocenters. The van der Waals surface area contributed by atoms with Crippen LogP contribution in [-0.4, -0.2) is 15.8 Å². The van der Waals surface area contributed by atoms with E-state index in [1.54, 1.807) is 0 Å². The molecule has 2 aromatic heterocycles. The number of nitrogens with zero attached hydrogens (tertiary/aromatic N) is 2. The summed E-state index contributed by atoms with van der Waals surface area (Å²) in [4.78, 5) is 19.9. The number of ketones is 1. The molecule has 0 aliphatic carbocycles. The summed E-state index contributed by atoms with van der Waals surface area (Å²) < 4.78 is 12.8. The topological polar surface area (TPSA) is 42.9 Å². The summed E-state index contributed by atoms with van der Waals surface area (Å²) in [6.07, 6.45) is 3.91. The van der Waals surface area contributed by atoms with Crippen molar-refractivity contribution in [3.63, 3.8) is 0 Å². The molecule has 0 N–H and O–H groups in total. The standard InChI is InChI=1S/C10H7FN2OS/c1-6-13-5-9(15-6)10(14)7-2-8(11)4-12-3-7/h2-5H,1H3. The SMILES string of the molecule is Cc1ncc(C(=O)c2cncc(F)c2)s1. The lowest BCUT2D eigenvalue weighted by Crippen LogP contribution is -1.99. The van der Waals surface area contributed by atoms with Crippen LogP contribution < -0.4 is 0 Å². The summed E-state index contributed by atoms with van der Waals surface area (Å²) in [5, 5.41) is 0.808. The van der Waals surface area contributed by atoms with E-state index in [2.05, 4.69) is 9.97 Å². The number of hydrogen-bond donors (Lipinski definition) is 0. The van der Waals surface area contributed by atoms with Crippen molar-refractivity contribution in [3.8, 4) is 0 Å². The van der Waals surface area contributed by atoms with Gasteiger partial charge in [-0.25, -0.2) is 9.37 Å². The highest BCUT2D eigenvalue weighted by atomic mass is 32.1. The fraction of sp³-hybridized carbons (Fsp3) is 0.100. The van der Waals surface area contributed by atoms with E-state index in [0.29, 0.717) is 4.88 Å². The molecule has 0 saturated heterocycles. The smallest absolute Gasteiger partial charge is 0.206 e. The van der Waals surface area contributed by atoms with Crippen LogP contribution >= 0.6 is 11.3 Å². The van der Waals surface area contributed by atoms with Crippen LogP contribution in [0.25, 0.3) is 0 Å². The van der Waals surface area contributed by atoms with E-state index in [4.69, 9.17) is 0 Å². The maximum Gasteiger partial charge on any atom is 0.206 e. The first-order valence-electron chi connectivity index (χ1n) is 4.24. The summed E-state index contributed by atoms with van der Waals surface area (Å²) in [5.41, 5.74) is 0.249. The third-order valence-electron chi connectivity index (χ3n) is 1.81. The lowest BCUT2D eigenvalue weighted by Gasteiger charge is -1.96. The molecule has 0 bridgehead atoms. The van der Waals surface area contributed by atoms with Crippen LogP contribution in [0, 0.1) is 12.7 Å². The molecule has 0 saturated carbocycles. The summed E-state index contributed by atoms with van der Waals surface area (Å²) in [5.74, 6) is -0.755. The van der Waals surface area contributed by atoms with E-state index in [-0.39, 0.29) is 11.3 Å². The van der Waals surface area contributed by atoms with Crippen LogP contribution in [0.5, 0.6) is 0 Å². The van der Waals surface area contributed by atoms with Gasteiger partial charge in [-0.15, -0.1) is 11.3 Å². The minimum absolute atomic E-state index is 0.243. The van der Waals surface area contributed by atoms with Crippen LogP contribution in [0.4, 0.5) is 4.39 Å². The summed E-state index contributed by atoms with van der Waals surface area (Å²) in [7, 11) is 0. The van der Waals surface area contributed by atoms with Crippen molar-refractivity contribution in [3.05, 3.63) is 45.9 Å². The largest absolute Gasteiger partial charge is 0.288 e. The molecule has 0 fully saturated rings. The Morgan fingerprint density at radius 1 is 1.40 bits per heavy atom. The van der Waals surface area contributed by atoms with E-state index >= 15 is 0 Å². The van der Waals surface area contributed by atoms with Gasteiger partial charge in [-0.3, -0.25) is 9.78 Å². The Kier molecular flexibility index (Phi) is 2.55. The molecule has 2 heterocycles. The molecule has 0 unspecified atom stereocenters. The van der Waals surface area contributed by atoms with Crippen molar-refractivity contribution in [1.82, 2.24) is 9.97 Å². The van der Waals surface area contributed by atoms with Crippen LogP contribution in [0.2, 0.25) is 0 Å². The molecule has 0 aromatic carbocycles. The summed E-state index contributed by atoms with van der Waals surface area (Å²) >= 11 is 1.29. The first kappa shape index (κ1) is 9.92. The Bertz CT molecular complexity index is 510. The molecule has 0 spiro atoms. The summed E-state index contributed by atoms with van der Waals surface area (Å²) in [6.45, 7) is 1.81. The van der Waals surface area contributed by atoms with Gasteiger partial charge in [0.1, 0.15) is 5.82 Å². The second-order valence-corrected chi connectivity index (χ2v) is 4.20. The Morgan fingerprint density at radius 3 is 2.80 bits per heavy atom. The van der Waals surface area contributed by atoms with Gasteiger partial charge in [-0.1, -0.05) is 0 Å². The van der Waals surface area contributed by atoms with Crippen LogP contribution in [0.15, 0.2) is 24.7 Å². The average Bonchev–Trinajstić information content (AvgIpc) is 2.64. The van der Waals surface area contributed by atoms with Gasteiger partial charge < -0.3 is 0 Å². The Labute approximate surface area is 89.6 Å². The van der Waals surface area contributed by atoms with Gasteiger partial charge in [0, 0.05) is 18.0 Å². The summed E-state index contributed by atoms with van der Waals surface area (Å²) in [6, 6.07) is 1.17. The number of halogens is 1. The average molecular weight is 222 g/mol. The van der Waals surface area contributed by atoms with Crippen molar-refractivity contribution in [2.75, 3.05) is 0 Å². The van der Waals surface area contributed by atoms with Gasteiger partial charge in [0.2, 0.25) is 5.78 Å². The predicted molar refractivity (Wildman–Crippen MR) is 54.5 cm³/mol. The first-order valence-corrected chi connectivity index (χ1v) is 5.06. The van der Waals surface area contributed by atoms with Gasteiger partial charge in [0.15, 0.2) is 0 Å². The van der Waals surface area contributed by atoms with Crippen LogP contribution in [0.1, 0.15) is 20.2 Å². The monoisotopic (exact) mass is 222 g/mol. The quantitative estimate of drug-likeness (QED) is 0.732. The maximum absolute atomic E-state index is 12.8. The second-order valence-electron chi connectivity index (χ2n) is 2.96. The molecule has 2 rings (SSSR count). The van der Waals surface area contributed by atoms with Crippen molar-refractivity contribution < 1.29 is 9.18 Å². The van der Waals surface area contributed by atoms with Gasteiger partial charge in [0.05, 0.1) is 16.1 Å². The normalized spacial score (nSPS) is 10.3. The number of carbonyl (C=O) groups is 1. The fourth-order valence-corrected chi connectivity index (χ4v) is 1.88. The van der Waals surface area contributed by atoms with E-state index in [9.17, 15) is 9.18 Å². The molecule has 76 valence electrons. The Hall–Kier alpha value is -1.62. The highest BCUT2D eigenvalue weighted by Crippen LogP contribution is 2.16. The van der Waals surface area contributed by atoms with E-state index < -0.39 is 5.82 Å². The van der Waals surface area contributed by atoms with Crippen molar-refractivity contribution in [1.29, 1.82) is 0 Å². The number of rotatable bonds is 2. The second kappa shape index (κ2) is 3.86. The number of aromatic nitrogens is 2. The van der Waals surface area contributed by atoms with Crippen molar-refractivity contribution >= 4 is 17.1 Å². The maximum atomic E-state index is 12.8. The zero-order chi connectivity index (χ0) is 10.8. The van der Waals surface area contributed by atoms with Crippen molar-refractivity contribution in [2.45, 2.75) is 6.92 Å². The van der Waals surface area contributed by atoms with E-state index in [1.807, 2.05) is 6.92 Å². The molecule has 0 aliphatic heterocycles. The molecule has 15 heavy (non-hydrogen) atoms. The predicted octanol–water partition coefficient (Wildman–Crippen LogP) is 2.22. The Morgan fingerprint density at radius 2 is 2.20 bits per heavy atom. The van der Waals surface area contributed by atoms with Gasteiger partial charge in [-0.2, -0.15) is 0 Å².